The smallest absolute Gasteiger partial charge is 0.226 e. The molecule has 1 fully saturated rings. The Bertz CT molecular complexity index is 460. The first-order valence-electron chi connectivity index (χ1n) is 7.33. The number of carbonyl (C=O) groups is 1. The van der Waals surface area contributed by atoms with Crippen LogP contribution >= 0.6 is 0 Å². The number of aliphatic hydroxyl groups excluding tert-OH is 1. The van der Waals surface area contributed by atoms with Crippen molar-refractivity contribution < 1.29 is 19.4 Å². The zero-order valence-corrected chi connectivity index (χ0v) is 12.6. The summed E-state index contributed by atoms with van der Waals surface area (Å²) in [4.78, 5) is 13.9. The zero-order valence-electron chi connectivity index (χ0n) is 12.6. The summed E-state index contributed by atoms with van der Waals surface area (Å²) in [5.74, 6) is 1.73. The van der Waals surface area contributed by atoms with Crippen molar-refractivity contribution in [3.8, 4) is 11.5 Å². The van der Waals surface area contributed by atoms with Crippen molar-refractivity contribution in [1.82, 2.24) is 4.90 Å². The first-order valence-corrected chi connectivity index (χ1v) is 7.33. The summed E-state index contributed by atoms with van der Waals surface area (Å²) in [6.07, 6.45) is 0.728. The number of carbonyl (C=O) groups excluding carboxylic acids is 1. The molecule has 1 heterocycles. The molecule has 116 valence electrons. The van der Waals surface area contributed by atoms with Crippen molar-refractivity contribution in [2.45, 2.75) is 25.9 Å². The summed E-state index contributed by atoms with van der Waals surface area (Å²) >= 11 is 0. The summed E-state index contributed by atoms with van der Waals surface area (Å²) in [6.45, 7) is 3.59. The van der Waals surface area contributed by atoms with Gasteiger partial charge < -0.3 is 19.5 Å². The average molecular weight is 293 g/mol. The summed E-state index contributed by atoms with van der Waals surface area (Å²) < 4.78 is 10.6. The third-order valence-corrected chi connectivity index (χ3v) is 3.86. The molecule has 0 radical (unpaired) electrons. The molecular formula is C16H23NO4. The molecule has 0 bridgehead atoms. The van der Waals surface area contributed by atoms with Crippen LogP contribution in [0.25, 0.3) is 0 Å². The molecule has 2 unspecified atom stereocenters. The minimum absolute atomic E-state index is 0.0854. The predicted molar refractivity (Wildman–Crippen MR) is 79.5 cm³/mol. The molecule has 1 amide bonds. The lowest BCUT2D eigenvalue weighted by molar-refractivity contribution is -0.135. The molecule has 1 N–H and O–H groups in total. The van der Waals surface area contributed by atoms with Crippen LogP contribution in [0.5, 0.6) is 11.5 Å². The first-order chi connectivity index (χ1) is 10.1. The molecule has 2 rings (SSSR count). The number of amides is 1. The molecule has 1 aromatic rings. The van der Waals surface area contributed by atoms with Crippen LogP contribution in [-0.4, -0.2) is 48.8 Å². The number of aliphatic hydroxyl groups is 1. The van der Waals surface area contributed by atoms with Crippen LogP contribution in [0, 0.1) is 5.92 Å². The third kappa shape index (κ3) is 4.36. The van der Waals surface area contributed by atoms with Crippen molar-refractivity contribution >= 4 is 5.91 Å². The largest absolute Gasteiger partial charge is 0.497 e. The topological polar surface area (TPSA) is 59.0 Å². The van der Waals surface area contributed by atoms with Gasteiger partial charge in [-0.2, -0.15) is 0 Å². The Kier molecular flexibility index (Phi) is 5.44. The number of piperidine rings is 1. The summed E-state index contributed by atoms with van der Waals surface area (Å²) in [7, 11) is 1.62. The van der Waals surface area contributed by atoms with Crippen LogP contribution in [-0.2, 0) is 4.79 Å². The molecule has 5 heteroatoms. The minimum Gasteiger partial charge on any atom is -0.497 e. The van der Waals surface area contributed by atoms with E-state index in [1.807, 2.05) is 36.1 Å². The second-order valence-electron chi connectivity index (χ2n) is 5.45. The van der Waals surface area contributed by atoms with E-state index in [0.29, 0.717) is 32.5 Å². The molecule has 1 aliphatic heterocycles. The Morgan fingerprint density at radius 2 is 2.00 bits per heavy atom. The van der Waals surface area contributed by atoms with E-state index in [9.17, 15) is 9.90 Å². The number of methoxy groups -OCH3 is 1. The maximum absolute atomic E-state index is 12.1. The van der Waals surface area contributed by atoms with Crippen LogP contribution in [0.2, 0.25) is 0 Å². The van der Waals surface area contributed by atoms with E-state index in [2.05, 4.69) is 0 Å². The van der Waals surface area contributed by atoms with E-state index < -0.39 is 0 Å². The van der Waals surface area contributed by atoms with Gasteiger partial charge in [-0.25, -0.2) is 0 Å². The fourth-order valence-electron chi connectivity index (χ4n) is 2.45. The van der Waals surface area contributed by atoms with Crippen molar-refractivity contribution in [3.05, 3.63) is 24.3 Å². The Balaban J connectivity index is 1.73. The average Bonchev–Trinajstić information content (AvgIpc) is 2.50. The van der Waals surface area contributed by atoms with Gasteiger partial charge in [-0.1, -0.05) is 6.92 Å². The van der Waals surface area contributed by atoms with Gasteiger partial charge in [0.05, 0.1) is 26.2 Å². The molecule has 1 aliphatic rings. The highest BCUT2D eigenvalue weighted by Gasteiger charge is 2.26. The summed E-state index contributed by atoms with van der Waals surface area (Å²) in [5.41, 5.74) is 0. The maximum Gasteiger partial charge on any atom is 0.226 e. The fraction of sp³-hybridized carbons (Fsp3) is 0.562. The molecule has 5 nitrogen and oxygen atoms in total. The monoisotopic (exact) mass is 293 g/mol. The lowest BCUT2D eigenvalue weighted by Crippen LogP contribution is -2.45. The van der Waals surface area contributed by atoms with Crippen molar-refractivity contribution in [2.75, 3.05) is 26.8 Å². The Morgan fingerprint density at radius 1 is 1.33 bits per heavy atom. The van der Waals surface area contributed by atoms with Crippen molar-refractivity contribution in [3.63, 3.8) is 0 Å². The Morgan fingerprint density at radius 3 is 2.62 bits per heavy atom. The molecular weight excluding hydrogens is 270 g/mol. The van der Waals surface area contributed by atoms with Gasteiger partial charge in [-0.3, -0.25) is 4.79 Å². The van der Waals surface area contributed by atoms with Gasteiger partial charge in [-0.05, 0) is 36.6 Å². The zero-order chi connectivity index (χ0) is 15.2. The Hall–Kier alpha value is -1.75. The van der Waals surface area contributed by atoms with E-state index in [-0.39, 0.29) is 17.9 Å². The van der Waals surface area contributed by atoms with Crippen LogP contribution in [0.1, 0.15) is 19.8 Å². The molecule has 0 aromatic heterocycles. The lowest BCUT2D eigenvalue weighted by Gasteiger charge is -2.34. The minimum atomic E-state index is -0.287. The molecule has 1 saturated heterocycles. The normalized spacial score (nSPS) is 22.0. The van der Waals surface area contributed by atoms with Gasteiger partial charge in [0.1, 0.15) is 11.5 Å². The highest BCUT2D eigenvalue weighted by molar-refractivity contribution is 5.76. The predicted octanol–water partition coefficient (Wildman–Crippen LogP) is 1.69. The first kappa shape index (κ1) is 15.6. The maximum atomic E-state index is 12.1. The van der Waals surface area contributed by atoms with E-state index in [0.717, 1.165) is 11.5 Å². The number of ether oxygens (including phenoxy) is 2. The van der Waals surface area contributed by atoms with Gasteiger partial charge in [0.15, 0.2) is 0 Å². The van der Waals surface area contributed by atoms with Gasteiger partial charge in [0, 0.05) is 13.1 Å². The lowest BCUT2D eigenvalue weighted by atomic mass is 9.96. The van der Waals surface area contributed by atoms with Crippen molar-refractivity contribution in [1.29, 1.82) is 0 Å². The van der Waals surface area contributed by atoms with Gasteiger partial charge >= 0.3 is 0 Å². The van der Waals surface area contributed by atoms with Crippen LogP contribution in [0.15, 0.2) is 24.3 Å². The van der Waals surface area contributed by atoms with Crippen LogP contribution in [0.4, 0.5) is 0 Å². The third-order valence-electron chi connectivity index (χ3n) is 3.86. The number of nitrogens with zero attached hydrogens (tertiary/aromatic N) is 1. The highest BCUT2D eigenvalue weighted by atomic mass is 16.5. The van der Waals surface area contributed by atoms with E-state index in [1.54, 1.807) is 7.11 Å². The van der Waals surface area contributed by atoms with Gasteiger partial charge in [0.25, 0.3) is 0 Å². The number of benzene rings is 1. The van der Waals surface area contributed by atoms with E-state index in [4.69, 9.17) is 9.47 Å². The number of hydrogen-bond donors (Lipinski definition) is 1. The Labute approximate surface area is 125 Å². The number of hydrogen-bond acceptors (Lipinski definition) is 4. The quantitative estimate of drug-likeness (QED) is 0.897. The highest BCUT2D eigenvalue weighted by Crippen LogP contribution is 2.19. The molecule has 0 saturated carbocycles. The van der Waals surface area contributed by atoms with Crippen molar-refractivity contribution in [2.24, 2.45) is 5.92 Å². The molecule has 2 atom stereocenters. The second-order valence-corrected chi connectivity index (χ2v) is 5.45. The second kappa shape index (κ2) is 7.31. The summed E-state index contributed by atoms with van der Waals surface area (Å²) in [5, 5.41) is 9.67. The molecule has 0 aliphatic carbocycles. The number of rotatable bonds is 5. The summed E-state index contributed by atoms with van der Waals surface area (Å²) in [6, 6.07) is 7.29. The molecule has 21 heavy (non-hydrogen) atoms. The van der Waals surface area contributed by atoms with Gasteiger partial charge in [-0.15, -0.1) is 0 Å². The van der Waals surface area contributed by atoms with E-state index in [1.165, 1.54) is 0 Å². The molecule has 0 spiro atoms. The molecule has 1 aromatic carbocycles. The van der Waals surface area contributed by atoms with Crippen LogP contribution < -0.4 is 9.47 Å². The fourth-order valence-corrected chi connectivity index (χ4v) is 2.45. The SMILES string of the molecule is COc1ccc(OCCC(=O)N2CCC(O)C(C)C2)cc1. The number of likely N-dealkylation sites (tertiary alicyclic amines) is 1. The van der Waals surface area contributed by atoms with E-state index >= 15 is 0 Å². The van der Waals surface area contributed by atoms with Crippen LogP contribution in [0.3, 0.4) is 0 Å². The van der Waals surface area contributed by atoms with Gasteiger partial charge in [0.2, 0.25) is 5.91 Å². The standard InChI is InChI=1S/C16H23NO4/c1-12-11-17(9-7-15(12)18)16(19)8-10-21-14-5-3-13(20-2)4-6-14/h3-6,12,15,18H,7-11H2,1-2H3.